The number of carbonyl (C=O) groups excluding carboxylic acids is 2. The summed E-state index contributed by atoms with van der Waals surface area (Å²) in [5.41, 5.74) is -0.211. The third kappa shape index (κ3) is 2.83. The molecule has 1 saturated heterocycles. The molecule has 2 amide bonds. The molecule has 0 spiro atoms. The Hall–Kier alpha value is -1.50. The van der Waals surface area contributed by atoms with Gasteiger partial charge in [-0.1, -0.05) is 18.2 Å². The number of hydrogen-bond donors (Lipinski definition) is 1. The van der Waals surface area contributed by atoms with E-state index in [1.807, 2.05) is 6.08 Å². The van der Waals surface area contributed by atoms with Crippen molar-refractivity contribution in [1.29, 1.82) is 0 Å². The number of rotatable bonds is 10. The fourth-order valence-electron chi connectivity index (χ4n) is 4.46. The van der Waals surface area contributed by atoms with E-state index >= 15 is 0 Å². The Morgan fingerprint density at radius 2 is 2.00 bits per heavy atom. The summed E-state index contributed by atoms with van der Waals surface area (Å²) in [4.78, 5) is 26.9. The molecule has 0 aromatic heterocycles. The second kappa shape index (κ2) is 7.17. The van der Waals surface area contributed by atoms with E-state index in [-0.39, 0.29) is 48.2 Å². The maximum absolute atomic E-state index is 12.8. The molecule has 1 heterocycles. The van der Waals surface area contributed by atoms with Crippen LogP contribution in [0.25, 0.3) is 0 Å². The van der Waals surface area contributed by atoms with Crippen molar-refractivity contribution < 1.29 is 24.2 Å². The summed E-state index contributed by atoms with van der Waals surface area (Å²) in [6.07, 6.45) is 7.72. The van der Waals surface area contributed by atoms with Gasteiger partial charge in [0, 0.05) is 5.41 Å². The lowest BCUT2D eigenvalue weighted by atomic mass is 9.73. The zero-order valence-corrected chi connectivity index (χ0v) is 13.9. The van der Waals surface area contributed by atoms with Gasteiger partial charge in [-0.3, -0.25) is 14.5 Å². The number of ether oxygens (including phenoxy) is 2. The van der Waals surface area contributed by atoms with Crippen molar-refractivity contribution in [2.45, 2.75) is 12.8 Å². The Morgan fingerprint density at radius 3 is 2.71 bits per heavy atom. The molecule has 2 aliphatic carbocycles. The monoisotopic (exact) mass is 335 g/mol. The van der Waals surface area contributed by atoms with E-state index in [2.05, 4.69) is 18.7 Å². The van der Waals surface area contributed by atoms with Crippen LogP contribution in [0, 0.1) is 23.2 Å². The van der Waals surface area contributed by atoms with Crippen LogP contribution in [-0.2, 0) is 19.1 Å². The minimum Gasteiger partial charge on any atom is -0.394 e. The van der Waals surface area contributed by atoms with Crippen LogP contribution >= 0.6 is 0 Å². The SMILES string of the molecule is C=CCC12C=CC(C1)C1C(=O)N(CCOCCOCCO)C(=O)C12. The number of hydrogen-bond acceptors (Lipinski definition) is 5. The molecule has 1 N–H and O–H groups in total. The summed E-state index contributed by atoms with van der Waals surface area (Å²) in [6, 6.07) is 0. The van der Waals surface area contributed by atoms with E-state index in [0.29, 0.717) is 26.4 Å². The number of likely N-dealkylation sites (tertiary alicyclic amines) is 1. The van der Waals surface area contributed by atoms with Gasteiger partial charge < -0.3 is 14.6 Å². The number of allylic oxidation sites excluding steroid dienone is 3. The summed E-state index contributed by atoms with van der Waals surface area (Å²) in [7, 11) is 0. The zero-order valence-electron chi connectivity index (χ0n) is 13.9. The molecule has 0 aromatic rings. The number of aliphatic hydroxyl groups excluding tert-OH is 1. The molecular formula is C18H25NO5. The lowest BCUT2D eigenvalue weighted by molar-refractivity contribution is -0.142. The fraction of sp³-hybridized carbons (Fsp3) is 0.667. The first-order valence-corrected chi connectivity index (χ1v) is 8.56. The molecule has 0 aromatic carbocycles. The van der Waals surface area contributed by atoms with Gasteiger partial charge in [-0.25, -0.2) is 0 Å². The highest BCUT2D eigenvalue weighted by molar-refractivity contribution is 6.06. The molecule has 2 bridgehead atoms. The van der Waals surface area contributed by atoms with Gasteiger partial charge in [0.1, 0.15) is 0 Å². The van der Waals surface area contributed by atoms with Crippen LogP contribution in [0.3, 0.4) is 0 Å². The van der Waals surface area contributed by atoms with Crippen molar-refractivity contribution in [3.05, 3.63) is 24.8 Å². The van der Waals surface area contributed by atoms with E-state index in [0.717, 1.165) is 12.8 Å². The Labute approximate surface area is 142 Å². The van der Waals surface area contributed by atoms with Gasteiger partial charge in [-0.05, 0) is 18.8 Å². The molecule has 24 heavy (non-hydrogen) atoms. The van der Waals surface area contributed by atoms with Gasteiger partial charge in [-0.2, -0.15) is 0 Å². The summed E-state index contributed by atoms with van der Waals surface area (Å²) in [6.45, 7) is 5.47. The largest absolute Gasteiger partial charge is 0.394 e. The van der Waals surface area contributed by atoms with Crippen LogP contribution in [0.1, 0.15) is 12.8 Å². The Bertz CT molecular complexity index is 546. The van der Waals surface area contributed by atoms with Gasteiger partial charge in [0.25, 0.3) is 0 Å². The Morgan fingerprint density at radius 1 is 1.25 bits per heavy atom. The molecule has 1 aliphatic heterocycles. The molecule has 6 nitrogen and oxygen atoms in total. The van der Waals surface area contributed by atoms with E-state index < -0.39 is 0 Å². The number of fused-ring (bicyclic) bond motifs is 5. The highest BCUT2D eigenvalue weighted by atomic mass is 16.5. The highest BCUT2D eigenvalue weighted by Crippen LogP contribution is 2.61. The zero-order chi connectivity index (χ0) is 17.2. The Kier molecular flexibility index (Phi) is 5.18. The lowest BCUT2D eigenvalue weighted by Gasteiger charge is -2.29. The highest BCUT2D eigenvalue weighted by Gasteiger charge is 2.65. The second-order valence-corrected chi connectivity index (χ2v) is 6.73. The normalized spacial score (nSPS) is 33.5. The lowest BCUT2D eigenvalue weighted by Crippen LogP contribution is -2.37. The first kappa shape index (κ1) is 17.3. The van der Waals surface area contributed by atoms with Crippen LogP contribution in [-0.4, -0.2) is 61.4 Å². The molecule has 1 saturated carbocycles. The van der Waals surface area contributed by atoms with Crippen LogP contribution in [0.5, 0.6) is 0 Å². The van der Waals surface area contributed by atoms with Crippen molar-refractivity contribution in [3.8, 4) is 0 Å². The van der Waals surface area contributed by atoms with E-state index in [1.165, 1.54) is 4.90 Å². The molecule has 132 valence electrons. The van der Waals surface area contributed by atoms with Crippen LogP contribution in [0.2, 0.25) is 0 Å². The maximum atomic E-state index is 12.8. The molecule has 6 heteroatoms. The van der Waals surface area contributed by atoms with Crippen molar-refractivity contribution in [3.63, 3.8) is 0 Å². The number of nitrogens with zero attached hydrogens (tertiary/aromatic N) is 1. The second-order valence-electron chi connectivity index (χ2n) is 6.73. The fourth-order valence-corrected chi connectivity index (χ4v) is 4.46. The maximum Gasteiger partial charge on any atom is 0.234 e. The van der Waals surface area contributed by atoms with Gasteiger partial charge in [-0.15, -0.1) is 6.58 Å². The summed E-state index contributed by atoms with van der Waals surface area (Å²) < 4.78 is 10.5. The first-order chi connectivity index (χ1) is 11.6. The van der Waals surface area contributed by atoms with Gasteiger partial charge >= 0.3 is 0 Å². The summed E-state index contributed by atoms with van der Waals surface area (Å²) in [5.74, 6) is -0.352. The number of imide groups is 1. The average molecular weight is 335 g/mol. The summed E-state index contributed by atoms with van der Waals surface area (Å²) in [5, 5.41) is 8.60. The van der Waals surface area contributed by atoms with Crippen molar-refractivity contribution in [2.75, 3.05) is 39.6 Å². The Balaban J connectivity index is 1.54. The number of amides is 2. The predicted octanol–water partition coefficient (Wildman–Crippen LogP) is 0.765. The van der Waals surface area contributed by atoms with Crippen LogP contribution in [0.15, 0.2) is 24.8 Å². The minimum atomic E-state index is -0.231. The van der Waals surface area contributed by atoms with Gasteiger partial charge in [0.15, 0.2) is 0 Å². The third-order valence-corrected chi connectivity index (χ3v) is 5.41. The van der Waals surface area contributed by atoms with Gasteiger partial charge in [0.2, 0.25) is 11.8 Å². The van der Waals surface area contributed by atoms with Gasteiger partial charge in [0.05, 0.1) is 51.4 Å². The minimum absolute atomic E-state index is 0.0127. The molecule has 3 rings (SSSR count). The van der Waals surface area contributed by atoms with Crippen molar-refractivity contribution >= 4 is 11.8 Å². The first-order valence-electron chi connectivity index (χ1n) is 8.56. The standard InChI is InChI=1S/C18H25NO5/c1-2-4-18-5-3-13(12-18)14-15(18)17(22)19(16(14)21)6-8-23-10-11-24-9-7-20/h2-3,5,13-15,20H,1,4,6-12H2. The molecule has 0 radical (unpaired) electrons. The smallest absolute Gasteiger partial charge is 0.234 e. The topological polar surface area (TPSA) is 76.1 Å². The van der Waals surface area contributed by atoms with E-state index in [4.69, 9.17) is 14.6 Å². The van der Waals surface area contributed by atoms with Crippen molar-refractivity contribution in [2.24, 2.45) is 23.2 Å². The summed E-state index contributed by atoms with van der Waals surface area (Å²) >= 11 is 0. The third-order valence-electron chi connectivity index (χ3n) is 5.41. The van der Waals surface area contributed by atoms with Crippen LogP contribution < -0.4 is 0 Å². The van der Waals surface area contributed by atoms with E-state index in [1.54, 1.807) is 0 Å². The number of aliphatic hydroxyl groups is 1. The van der Waals surface area contributed by atoms with Crippen molar-refractivity contribution in [1.82, 2.24) is 4.90 Å². The van der Waals surface area contributed by atoms with Crippen LogP contribution in [0.4, 0.5) is 0 Å². The molecule has 2 fully saturated rings. The average Bonchev–Trinajstić information content (AvgIpc) is 3.19. The molecule has 3 aliphatic rings. The molecular weight excluding hydrogens is 310 g/mol. The number of carbonyl (C=O) groups is 2. The molecule has 4 unspecified atom stereocenters. The quantitative estimate of drug-likeness (QED) is 0.362. The van der Waals surface area contributed by atoms with E-state index in [9.17, 15) is 9.59 Å². The predicted molar refractivity (Wildman–Crippen MR) is 86.9 cm³/mol. The molecule has 4 atom stereocenters.